The first-order valence-corrected chi connectivity index (χ1v) is 6.80. The summed E-state index contributed by atoms with van der Waals surface area (Å²) in [5.41, 5.74) is 1.67. The molecule has 3 nitrogen and oxygen atoms in total. The first kappa shape index (κ1) is 13.2. The van der Waals surface area contributed by atoms with Gasteiger partial charge in [0.15, 0.2) is 0 Å². The Morgan fingerprint density at radius 1 is 1.44 bits per heavy atom. The Morgan fingerprint density at radius 3 is 2.89 bits per heavy atom. The number of benzene rings is 1. The lowest BCUT2D eigenvalue weighted by Gasteiger charge is -2.08. The lowest BCUT2D eigenvalue weighted by Crippen LogP contribution is -2.11. The van der Waals surface area contributed by atoms with E-state index < -0.39 is 5.82 Å². The number of hydrogen-bond donors (Lipinski definition) is 1. The third-order valence-electron chi connectivity index (χ3n) is 2.29. The highest BCUT2D eigenvalue weighted by Crippen LogP contribution is 2.21. The molecule has 0 aliphatic rings. The molecule has 0 saturated heterocycles. The first-order valence-electron chi connectivity index (χ1n) is 5.20. The zero-order valence-electron chi connectivity index (χ0n) is 9.87. The number of halogens is 2. The molecule has 0 amide bonds. The molecule has 0 saturated carbocycles. The van der Waals surface area contributed by atoms with Gasteiger partial charge in [-0.15, -0.1) is 11.8 Å². The van der Waals surface area contributed by atoms with Gasteiger partial charge in [-0.2, -0.15) is 0 Å². The van der Waals surface area contributed by atoms with Crippen LogP contribution in [-0.2, 0) is 0 Å². The average molecular weight is 282 g/mol. The van der Waals surface area contributed by atoms with Crippen molar-refractivity contribution in [1.29, 1.82) is 0 Å². The Kier molecular flexibility index (Phi) is 4.09. The molecule has 2 rings (SSSR count). The topological polar surface area (TPSA) is 37.8 Å². The first-order chi connectivity index (χ1) is 8.60. The van der Waals surface area contributed by atoms with Crippen molar-refractivity contribution in [3.63, 3.8) is 0 Å². The van der Waals surface area contributed by atoms with Crippen LogP contribution in [0.1, 0.15) is 0 Å². The van der Waals surface area contributed by atoms with Crippen LogP contribution in [0.2, 0.25) is 5.02 Å². The Hall–Kier alpha value is -1.27. The van der Waals surface area contributed by atoms with Gasteiger partial charge in [0.25, 0.3) is 0 Å². The third-order valence-corrected chi connectivity index (χ3v) is 3.38. The van der Waals surface area contributed by atoms with Gasteiger partial charge in [0.1, 0.15) is 13.7 Å². The molecule has 0 bridgehead atoms. The van der Waals surface area contributed by atoms with Crippen LogP contribution in [0, 0.1) is 5.82 Å². The largest absolute Gasteiger partial charge is 0.324 e. The molecule has 18 heavy (non-hydrogen) atoms. The summed E-state index contributed by atoms with van der Waals surface area (Å²) in [6.07, 6.45) is 3.69. The minimum Gasteiger partial charge on any atom is -0.324 e. The summed E-state index contributed by atoms with van der Waals surface area (Å²) < 4.78 is 13.0. The lowest BCUT2D eigenvalue weighted by atomic mass is 10.0. The van der Waals surface area contributed by atoms with Crippen LogP contribution in [0.25, 0.3) is 0 Å². The molecule has 92 valence electrons. The van der Waals surface area contributed by atoms with Gasteiger partial charge in [-0.25, -0.2) is 14.4 Å². The van der Waals surface area contributed by atoms with Crippen LogP contribution in [0.3, 0.4) is 0 Å². The maximum absolute atomic E-state index is 13.0. The zero-order valence-corrected chi connectivity index (χ0v) is 11.4. The lowest BCUT2D eigenvalue weighted by molar-refractivity contribution is 0.628. The number of anilines is 2. The van der Waals surface area contributed by atoms with E-state index in [4.69, 9.17) is 11.6 Å². The van der Waals surface area contributed by atoms with Gasteiger partial charge < -0.3 is 5.32 Å². The number of nitrogens with one attached hydrogen (secondary N) is 1. The van der Waals surface area contributed by atoms with Crippen molar-refractivity contribution in [3.05, 3.63) is 35.2 Å². The normalized spacial score (nSPS) is 10.4. The summed E-state index contributed by atoms with van der Waals surface area (Å²) in [6.45, 7) is 0. The highest BCUT2D eigenvalue weighted by atomic mass is 35.5. The predicted molar refractivity (Wildman–Crippen MR) is 76.7 cm³/mol. The zero-order chi connectivity index (χ0) is 13.1. The summed E-state index contributed by atoms with van der Waals surface area (Å²) in [4.78, 5) is 8.50. The highest BCUT2D eigenvalue weighted by Gasteiger charge is 2.05. The Bertz CT molecular complexity index is 582. The van der Waals surface area contributed by atoms with E-state index >= 15 is 0 Å². The quantitative estimate of drug-likeness (QED) is 0.530. The van der Waals surface area contributed by atoms with Gasteiger partial charge in [-0.1, -0.05) is 11.6 Å². The Balaban J connectivity index is 2.25. The maximum atomic E-state index is 13.0. The van der Waals surface area contributed by atoms with Crippen LogP contribution in [0.4, 0.5) is 16.0 Å². The molecule has 0 radical (unpaired) electrons. The van der Waals surface area contributed by atoms with Crippen LogP contribution < -0.4 is 10.8 Å². The summed E-state index contributed by atoms with van der Waals surface area (Å²) in [6, 6.07) is 4.39. The van der Waals surface area contributed by atoms with Crippen molar-refractivity contribution in [1.82, 2.24) is 9.97 Å². The van der Waals surface area contributed by atoms with Crippen molar-refractivity contribution in [2.75, 3.05) is 11.6 Å². The second kappa shape index (κ2) is 5.58. The second-order valence-electron chi connectivity index (χ2n) is 3.64. The summed E-state index contributed by atoms with van der Waals surface area (Å²) in [7, 11) is 1.95. The molecule has 1 aromatic carbocycles. The van der Waals surface area contributed by atoms with E-state index in [9.17, 15) is 4.39 Å². The molecular formula is C11H10BClFN3S. The number of rotatable bonds is 3. The number of aromatic nitrogens is 2. The minimum absolute atomic E-state index is 0.0669. The second-order valence-corrected chi connectivity index (χ2v) is 4.84. The molecule has 7 heteroatoms. The standard InChI is InChI=1S/C11H10BClFN3S/c1-18-10-7(12)5-15-11(17-10)16-6-2-3-9(14)8(13)4-6/h2-5H,12H2,1H3,(H,15,16,17). The van der Waals surface area contributed by atoms with Crippen LogP contribution in [0.5, 0.6) is 0 Å². The molecule has 0 unspecified atom stereocenters. The fraction of sp³-hybridized carbons (Fsp3) is 0.0909. The molecule has 1 N–H and O–H groups in total. The van der Waals surface area contributed by atoms with E-state index in [0.29, 0.717) is 11.6 Å². The smallest absolute Gasteiger partial charge is 0.228 e. The molecule has 1 heterocycles. The summed E-state index contributed by atoms with van der Waals surface area (Å²) in [5.74, 6) is 0.0180. The van der Waals surface area contributed by atoms with Crippen molar-refractivity contribution in [2.24, 2.45) is 0 Å². The van der Waals surface area contributed by atoms with Gasteiger partial charge in [0, 0.05) is 11.9 Å². The van der Waals surface area contributed by atoms with Gasteiger partial charge in [-0.05, 0) is 29.9 Å². The van der Waals surface area contributed by atoms with Crippen molar-refractivity contribution in [3.8, 4) is 0 Å². The van der Waals surface area contributed by atoms with Crippen molar-refractivity contribution >= 4 is 48.3 Å². The molecule has 2 aromatic rings. The maximum Gasteiger partial charge on any atom is 0.228 e. The fourth-order valence-electron chi connectivity index (χ4n) is 1.40. The molecule has 0 fully saturated rings. The monoisotopic (exact) mass is 281 g/mol. The molecule has 0 aliphatic carbocycles. The van der Waals surface area contributed by atoms with E-state index in [-0.39, 0.29) is 5.02 Å². The Morgan fingerprint density at radius 2 is 2.22 bits per heavy atom. The molecule has 0 spiro atoms. The van der Waals surface area contributed by atoms with Crippen LogP contribution >= 0.6 is 23.4 Å². The van der Waals surface area contributed by atoms with Gasteiger partial charge in [-0.3, -0.25) is 0 Å². The Labute approximate surface area is 115 Å². The van der Waals surface area contributed by atoms with E-state index in [0.717, 1.165) is 10.5 Å². The van der Waals surface area contributed by atoms with Crippen molar-refractivity contribution in [2.45, 2.75) is 5.03 Å². The molecule has 1 aromatic heterocycles. The van der Waals surface area contributed by atoms with Gasteiger partial charge in [0.05, 0.1) is 10.0 Å². The van der Waals surface area contributed by atoms with E-state index in [1.807, 2.05) is 14.1 Å². The van der Waals surface area contributed by atoms with Crippen molar-refractivity contribution < 1.29 is 4.39 Å². The molecule has 0 aliphatic heterocycles. The highest BCUT2D eigenvalue weighted by molar-refractivity contribution is 7.98. The number of nitrogens with zero attached hydrogens (tertiary/aromatic N) is 2. The summed E-state index contributed by atoms with van der Waals surface area (Å²) >= 11 is 7.25. The van der Waals surface area contributed by atoms with Gasteiger partial charge >= 0.3 is 0 Å². The number of thioether (sulfide) groups is 1. The molecule has 0 atom stereocenters. The molecular weight excluding hydrogens is 271 g/mol. The predicted octanol–water partition coefficient (Wildman–Crippen LogP) is 1.99. The number of hydrogen-bond acceptors (Lipinski definition) is 4. The summed E-state index contributed by atoms with van der Waals surface area (Å²) in [5, 5.41) is 3.96. The van der Waals surface area contributed by atoms with E-state index in [1.54, 1.807) is 24.0 Å². The van der Waals surface area contributed by atoms with Crippen LogP contribution in [-0.4, -0.2) is 24.1 Å². The van der Waals surface area contributed by atoms with E-state index in [2.05, 4.69) is 15.3 Å². The minimum atomic E-state index is -0.447. The third kappa shape index (κ3) is 2.94. The average Bonchev–Trinajstić information content (AvgIpc) is 2.36. The van der Waals surface area contributed by atoms with Crippen LogP contribution in [0.15, 0.2) is 29.4 Å². The van der Waals surface area contributed by atoms with Gasteiger partial charge in [0.2, 0.25) is 5.95 Å². The SMILES string of the molecule is Bc1cnc(Nc2ccc(F)c(Cl)c2)nc1SC. The fourth-order valence-corrected chi connectivity index (χ4v) is 2.13. The van der Waals surface area contributed by atoms with E-state index in [1.165, 1.54) is 12.1 Å².